The minimum Gasteiger partial charge on any atom is -0.459 e. The summed E-state index contributed by atoms with van der Waals surface area (Å²) in [6, 6.07) is 10.6. The third kappa shape index (κ3) is 1.44. The highest BCUT2D eigenvalue weighted by Crippen LogP contribution is 2.51. The summed E-state index contributed by atoms with van der Waals surface area (Å²) in [5.74, 6) is 0.966. The van der Waals surface area contributed by atoms with Crippen molar-refractivity contribution >= 4 is 5.97 Å². The van der Waals surface area contributed by atoms with Crippen molar-refractivity contribution in [1.29, 1.82) is 0 Å². The van der Waals surface area contributed by atoms with Crippen LogP contribution in [0.1, 0.15) is 37.7 Å². The van der Waals surface area contributed by atoms with Crippen LogP contribution in [-0.4, -0.2) is 11.6 Å². The van der Waals surface area contributed by atoms with Gasteiger partial charge >= 0.3 is 5.97 Å². The van der Waals surface area contributed by atoms with Gasteiger partial charge in [0.1, 0.15) is 5.60 Å². The average Bonchev–Trinajstić information content (AvgIpc) is 2.70. The SMILES string of the molecule is C[C@]12C[C@@H](c3ccccc3)C[C@H]1CC(=O)O2. The molecular formula is C14H16O2. The second-order valence-electron chi connectivity index (χ2n) is 5.24. The van der Waals surface area contributed by atoms with Gasteiger partial charge in [0.05, 0.1) is 6.42 Å². The Bertz CT molecular complexity index is 412. The Morgan fingerprint density at radius 3 is 2.75 bits per heavy atom. The van der Waals surface area contributed by atoms with Gasteiger partial charge in [0.25, 0.3) is 0 Å². The first-order valence-corrected chi connectivity index (χ1v) is 5.94. The molecule has 1 saturated carbocycles. The highest BCUT2D eigenvalue weighted by Gasteiger charge is 2.52. The fraction of sp³-hybridized carbons (Fsp3) is 0.500. The van der Waals surface area contributed by atoms with Gasteiger partial charge in [-0.3, -0.25) is 4.79 Å². The summed E-state index contributed by atoms with van der Waals surface area (Å²) in [5.41, 5.74) is 1.19. The van der Waals surface area contributed by atoms with Crippen LogP contribution in [0.3, 0.4) is 0 Å². The van der Waals surface area contributed by atoms with Gasteiger partial charge in [-0.2, -0.15) is 0 Å². The summed E-state index contributed by atoms with van der Waals surface area (Å²) in [5, 5.41) is 0. The van der Waals surface area contributed by atoms with Gasteiger partial charge in [0.15, 0.2) is 0 Å². The lowest BCUT2D eigenvalue weighted by Gasteiger charge is -2.22. The lowest BCUT2D eigenvalue weighted by molar-refractivity contribution is -0.147. The van der Waals surface area contributed by atoms with E-state index in [-0.39, 0.29) is 11.6 Å². The maximum Gasteiger partial charge on any atom is 0.306 e. The molecule has 3 rings (SSSR count). The van der Waals surface area contributed by atoms with Crippen molar-refractivity contribution in [2.75, 3.05) is 0 Å². The van der Waals surface area contributed by atoms with E-state index in [2.05, 4.69) is 31.2 Å². The van der Waals surface area contributed by atoms with Crippen molar-refractivity contribution < 1.29 is 9.53 Å². The number of benzene rings is 1. The Hall–Kier alpha value is -1.31. The second-order valence-corrected chi connectivity index (χ2v) is 5.24. The Labute approximate surface area is 95.6 Å². The number of carbonyl (C=O) groups is 1. The lowest BCUT2D eigenvalue weighted by Crippen LogP contribution is -2.26. The zero-order chi connectivity index (χ0) is 11.2. The zero-order valence-corrected chi connectivity index (χ0v) is 9.48. The summed E-state index contributed by atoms with van der Waals surface area (Å²) >= 11 is 0. The zero-order valence-electron chi connectivity index (χ0n) is 9.48. The quantitative estimate of drug-likeness (QED) is 0.675. The normalized spacial score (nSPS) is 37.2. The van der Waals surface area contributed by atoms with Crippen molar-refractivity contribution in [1.82, 2.24) is 0 Å². The van der Waals surface area contributed by atoms with Crippen LogP contribution in [0.5, 0.6) is 0 Å². The van der Waals surface area contributed by atoms with E-state index in [9.17, 15) is 4.79 Å². The van der Waals surface area contributed by atoms with E-state index < -0.39 is 0 Å². The molecule has 2 fully saturated rings. The fourth-order valence-corrected chi connectivity index (χ4v) is 3.24. The van der Waals surface area contributed by atoms with Crippen LogP contribution in [0, 0.1) is 5.92 Å². The van der Waals surface area contributed by atoms with Crippen molar-refractivity contribution in [2.24, 2.45) is 5.92 Å². The molecule has 1 aliphatic carbocycles. The summed E-state index contributed by atoms with van der Waals surface area (Å²) in [6.45, 7) is 2.09. The Morgan fingerprint density at radius 1 is 1.31 bits per heavy atom. The van der Waals surface area contributed by atoms with Gasteiger partial charge in [0, 0.05) is 5.92 Å². The average molecular weight is 216 g/mol. The van der Waals surface area contributed by atoms with Crippen LogP contribution in [0.15, 0.2) is 30.3 Å². The fourth-order valence-electron chi connectivity index (χ4n) is 3.24. The third-order valence-corrected chi connectivity index (χ3v) is 4.12. The third-order valence-electron chi connectivity index (χ3n) is 4.12. The van der Waals surface area contributed by atoms with Crippen LogP contribution in [0.25, 0.3) is 0 Å². The largest absolute Gasteiger partial charge is 0.459 e. The molecule has 1 saturated heterocycles. The Kier molecular flexibility index (Phi) is 2.06. The van der Waals surface area contributed by atoms with E-state index in [1.54, 1.807) is 0 Å². The second kappa shape index (κ2) is 3.34. The molecule has 0 bridgehead atoms. The molecule has 1 aromatic carbocycles. The maximum atomic E-state index is 11.3. The molecule has 0 radical (unpaired) electrons. The van der Waals surface area contributed by atoms with Gasteiger partial charge in [-0.1, -0.05) is 30.3 Å². The highest BCUT2D eigenvalue weighted by molar-refractivity contribution is 5.73. The van der Waals surface area contributed by atoms with Gasteiger partial charge in [-0.05, 0) is 31.2 Å². The maximum absolute atomic E-state index is 11.3. The van der Waals surface area contributed by atoms with Crippen molar-refractivity contribution in [3.8, 4) is 0 Å². The van der Waals surface area contributed by atoms with Gasteiger partial charge in [-0.15, -0.1) is 0 Å². The predicted molar refractivity (Wildman–Crippen MR) is 61.0 cm³/mol. The molecule has 16 heavy (non-hydrogen) atoms. The first kappa shape index (κ1) is 9.88. The molecular weight excluding hydrogens is 200 g/mol. The van der Waals surface area contributed by atoms with Crippen LogP contribution in [-0.2, 0) is 9.53 Å². The molecule has 1 aromatic rings. The molecule has 0 aromatic heterocycles. The summed E-state index contributed by atoms with van der Waals surface area (Å²) in [7, 11) is 0. The predicted octanol–water partition coefficient (Wildman–Crippen LogP) is 2.89. The number of rotatable bonds is 1. The van der Waals surface area contributed by atoms with Crippen molar-refractivity contribution in [3.63, 3.8) is 0 Å². The Balaban J connectivity index is 1.83. The standard InChI is InChI=1S/C14H16O2/c1-14-9-11(10-5-3-2-4-6-10)7-12(14)8-13(15)16-14/h2-6,11-12H,7-9H2,1H3/t11-,12-,14-/m0/s1. The topological polar surface area (TPSA) is 26.3 Å². The summed E-state index contributed by atoms with van der Waals surface area (Å²) in [6.07, 6.45) is 2.68. The number of fused-ring (bicyclic) bond motifs is 1. The minimum atomic E-state index is -0.197. The molecule has 3 atom stereocenters. The first-order valence-electron chi connectivity index (χ1n) is 5.94. The number of ether oxygens (including phenoxy) is 1. The van der Waals surface area contributed by atoms with Gasteiger partial charge in [-0.25, -0.2) is 0 Å². The molecule has 2 nitrogen and oxygen atoms in total. The molecule has 2 aliphatic rings. The van der Waals surface area contributed by atoms with E-state index in [1.165, 1.54) is 5.56 Å². The molecule has 0 amide bonds. The molecule has 1 aliphatic heterocycles. The molecule has 84 valence electrons. The summed E-state index contributed by atoms with van der Waals surface area (Å²) < 4.78 is 5.49. The van der Waals surface area contributed by atoms with Gasteiger partial charge in [0.2, 0.25) is 0 Å². The Morgan fingerprint density at radius 2 is 2.06 bits per heavy atom. The molecule has 0 N–H and O–H groups in total. The van der Waals surface area contributed by atoms with E-state index in [0.717, 1.165) is 12.8 Å². The molecule has 0 spiro atoms. The number of esters is 1. The minimum absolute atomic E-state index is 0.0148. The van der Waals surface area contributed by atoms with E-state index in [0.29, 0.717) is 18.3 Å². The number of hydrogen-bond acceptors (Lipinski definition) is 2. The van der Waals surface area contributed by atoms with Crippen LogP contribution in [0.4, 0.5) is 0 Å². The number of hydrogen-bond donors (Lipinski definition) is 0. The van der Waals surface area contributed by atoms with Crippen LogP contribution >= 0.6 is 0 Å². The van der Waals surface area contributed by atoms with Gasteiger partial charge < -0.3 is 4.74 Å². The smallest absolute Gasteiger partial charge is 0.306 e. The van der Waals surface area contributed by atoms with Crippen molar-refractivity contribution in [2.45, 2.75) is 37.7 Å². The number of carbonyl (C=O) groups excluding carboxylic acids is 1. The van der Waals surface area contributed by atoms with E-state index in [4.69, 9.17) is 4.74 Å². The van der Waals surface area contributed by atoms with Crippen LogP contribution in [0.2, 0.25) is 0 Å². The molecule has 1 heterocycles. The molecule has 0 unspecified atom stereocenters. The van der Waals surface area contributed by atoms with E-state index >= 15 is 0 Å². The lowest BCUT2D eigenvalue weighted by atomic mass is 9.93. The van der Waals surface area contributed by atoms with E-state index in [1.807, 2.05) is 6.07 Å². The highest BCUT2D eigenvalue weighted by atomic mass is 16.6. The van der Waals surface area contributed by atoms with Crippen LogP contribution < -0.4 is 0 Å². The first-order chi connectivity index (χ1) is 7.67. The molecule has 2 heteroatoms. The monoisotopic (exact) mass is 216 g/mol. The van der Waals surface area contributed by atoms with Crippen molar-refractivity contribution in [3.05, 3.63) is 35.9 Å². The summed E-state index contributed by atoms with van der Waals surface area (Å²) in [4.78, 5) is 11.3.